The molecule has 0 unspecified atom stereocenters. The summed E-state index contributed by atoms with van der Waals surface area (Å²) in [5.74, 6) is -0.0871. The maximum Gasteiger partial charge on any atom is 0.341 e. The summed E-state index contributed by atoms with van der Waals surface area (Å²) in [4.78, 5) is 16.5. The van der Waals surface area contributed by atoms with Crippen LogP contribution < -0.4 is 4.74 Å². The summed E-state index contributed by atoms with van der Waals surface area (Å²) in [5.41, 5.74) is 2.15. The van der Waals surface area contributed by atoms with E-state index in [-0.39, 0.29) is 6.61 Å². The van der Waals surface area contributed by atoms with Gasteiger partial charge < -0.3 is 19.1 Å². The molecule has 3 aromatic carbocycles. The molecule has 1 heterocycles. The molecule has 0 aliphatic carbocycles. The van der Waals surface area contributed by atoms with Crippen LogP contribution in [0, 0.1) is 0 Å². The number of ether oxygens (including phenoxy) is 2. The molecular weight excluding hydrogens is 356 g/mol. The molecule has 4 rings (SSSR count). The normalized spacial score (nSPS) is 12.2. The van der Waals surface area contributed by atoms with Gasteiger partial charge in [0.2, 0.25) is 0 Å². The third kappa shape index (κ3) is 3.54. The highest BCUT2D eigenvalue weighted by Gasteiger charge is 2.16. The highest BCUT2D eigenvalue weighted by molar-refractivity contribution is 5.98. The fourth-order valence-electron chi connectivity index (χ4n) is 3.23. The molecule has 0 saturated heterocycles. The van der Waals surface area contributed by atoms with Gasteiger partial charge in [0.15, 0.2) is 0 Å². The number of methoxy groups -OCH3 is 1. The van der Waals surface area contributed by atoms with Crippen molar-refractivity contribution in [2.45, 2.75) is 12.6 Å². The number of hydrogen-bond donors (Lipinski definition) is 1. The van der Waals surface area contributed by atoms with Crippen molar-refractivity contribution in [3.05, 3.63) is 72.6 Å². The Labute approximate surface area is 161 Å². The molecule has 142 valence electrons. The van der Waals surface area contributed by atoms with E-state index in [0.717, 1.165) is 21.8 Å². The van der Waals surface area contributed by atoms with E-state index in [1.54, 1.807) is 18.5 Å². The summed E-state index contributed by atoms with van der Waals surface area (Å²) >= 11 is 0. The molecule has 0 spiro atoms. The summed E-state index contributed by atoms with van der Waals surface area (Å²) in [6, 6.07) is 19.0. The van der Waals surface area contributed by atoms with Gasteiger partial charge in [-0.3, -0.25) is 0 Å². The number of carbonyl (C=O) groups is 1. The molecule has 0 aliphatic heterocycles. The molecule has 1 aromatic heterocycles. The molecule has 0 radical (unpaired) electrons. The Morgan fingerprint density at radius 2 is 1.82 bits per heavy atom. The summed E-state index contributed by atoms with van der Waals surface area (Å²) in [5, 5.41) is 12.3. The second-order valence-electron chi connectivity index (χ2n) is 6.54. The quantitative estimate of drug-likeness (QED) is 0.522. The van der Waals surface area contributed by atoms with Crippen molar-refractivity contribution >= 4 is 27.8 Å². The third-order valence-electron chi connectivity index (χ3n) is 4.62. The molecule has 6 heteroatoms. The molecule has 0 fully saturated rings. The van der Waals surface area contributed by atoms with Crippen molar-refractivity contribution in [2.24, 2.45) is 0 Å². The maximum atomic E-state index is 12.1. The smallest absolute Gasteiger partial charge is 0.341 e. The molecule has 0 bridgehead atoms. The number of fused-ring (bicyclic) bond motifs is 2. The maximum absolute atomic E-state index is 12.1. The zero-order chi connectivity index (χ0) is 19.5. The van der Waals surface area contributed by atoms with Crippen LogP contribution in [0.1, 0.15) is 10.4 Å². The second kappa shape index (κ2) is 7.70. The number of aliphatic hydroxyl groups excluding tert-OH is 1. The van der Waals surface area contributed by atoms with Gasteiger partial charge in [-0.15, -0.1) is 0 Å². The Kier molecular flexibility index (Phi) is 4.95. The molecular formula is C22H20N2O4. The van der Waals surface area contributed by atoms with Gasteiger partial charge in [0.05, 0.1) is 31.0 Å². The van der Waals surface area contributed by atoms with Crippen LogP contribution in [0.2, 0.25) is 0 Å². The van der Waals surface area contributed by atoms with E-state index >= 15 is 0 Å². The van der Waals surface area contributed by atoms with Crippen molar-refractivity contribution < 1.29 is 19.4 Å². The van der Waals surface area contributed by atoms with Gasteiger partial charge in [-0.05, 0) is 35.0 Å². The van der Waals surface area contributed by atoms with Crippen LogP contribution >= 0.6 is 0 Å². The van der Waals surface area contributed by atoms with Crippen LogP contribution in [0.25, 0.3) is 21.8 Å². The van der Waals surface area contributed by atoms with Gasteiger partial charge in [-0.2, -0.15) is 0 Å². The van der Waals surface area contributed by atoms with Crippen LogP contribution in [-0.2, 0) is 11.3 Å². The van der Waals surface area contributed by atoms with Crippen molar-refractivity contribution in [3.63, 3.8) is 0 Å². The fraction of sp³-hybridized carbons (Fsp3) is 0.182. The first-order valence-electron chi connectivity index (χ1n) is 8.97. The Bertz CT molecular complexity index is 1140. The van der Waals surface area contributed by atoms with Gasteiger partial charge in [0.25, 0.3) is 0 Å². The van der Waals surface area contributed by atoms with E-state index in [1.807, 2.05) is 53.1 Å². The molecule has 28 heavy (non-hydrogen) atoms. The largest absolute Gasteiger partial charge is 0.490 e. The van der Waals surface area contributed by atoms with Gasteiger partial charge in [-0.1, -0.05) is 36.4 Å². The van der Waals surface area contributed by atoms with E-state index in [4.69, 9.17) is 9.47 Å². The third-order valence-corrected chi connectivity index (χ3v) is 4.62. The number of hydrogen-bond acceptors (Lipinski definition) is 5. The summed E-state index contributed by atoms with van der Waals surface area (Å²) in [6.45, 7) is 0.372. The molecule has 1 atom stereocenters. The van der Waals surface area contributed by atoms with Gasteiger partial charge in [0.1, 0.15) is 24.0 Å². The average Bonchev–Trinajstić information content (AvgIpc) is 3.13. The number of aromatic nitrogens is 2. The lowest BCUT2D eigenvalue weighted by molar-refractivity contribution is 0.0586. The van der Waals surface area contributed by atoms with Crippen molar-refractivity contribution in [1.29, 1.82) is 0 Å². The number of nitrogens with zero attached hydrogens (tertiary/aromatic N) is 2. The first kappa shape index (κ1) is 18.0. The number of rotatable bonds is 6. The van der Waals surface area contributed by atoms with E-state index < -0.39 is 12.1 Å². The van der Waals surface area contributed by atoms with Crippen LogP contribution in [0.5, 0.6) is 5.75 Å². The Balaban J connectivity index is 1.53. The minimum atomic E-state index is -0.769. The number of aliphatic hydroxyl groups is 1. The number of benzene rings is 3. The molecule has 0 saturated carbocycles. The molecule has 6 nitrogen and oxygen atoms in total. The molecule has 1 N–H and O–H groups in total. The minimum Gasteiger partial charge on any atom is -0.490 e. The number of imidazole rings is 1. The Morgan fingerprint density at radius 1 is 1.11 bits per heavy atom. The lowest BCUT2D eigenvalue weighted by Gasteiger charge is -2.16. The standard InChI is InChI=1S/C22H20N2O4/c1-27-22(26)18-10-15-6-2-3-7-16(15)11-21(18)28-13-17(25)12-24-14-23-19-8-4-5-9-20(19)24/h2-11,14,17,25H,12-13H2,1H3/t17-/m0/s1. The Morgan fingerprint density at radius 3 is 2.61 bits per heavy atom. The zero-order valence-corrected chi connectivity index (χ0v) is 15.4. The number of esters is 1. The van der Waals surface area contributed by atoms with Crippen LogP contribution in [0.4, 0.5) is 0 Å². The van der Waals surface area contributed by atoms with Crippen molar-refractivity contribution in [2.75, 3.05) is 13.7 Å². The van der Waals surface area contributed by atoms with Crippen LogP contribution in [0.3, 0.4) is 0 Å². The fourth-order valence-corrected chi connectivity index (χ4v) is 3.23. The average molecular weight is 376 g/mol. The highest BCUT2D eigenvalue weighted by Crippen LogP contribution is 2.27. The zero-order valence-electron chi connectivity index (χ0n) is 15.4. The first-order valence-corrected chi connectivity index (χ1v) is 8.97. The molecule has 4 aromatic rings. The van der Waals surface area contributed by atoms with E-state index in [0.29, 0.717) is 17.9 Å². The van der Waals surface area contributed by atoms with E-state index in [2.05, 4.69) is 4.98 Å². The van der Waals surface area contributed by atoms with Crippen molar-refractivity contribution in [1.82, 2.24) is 9.55 Å². The van der Waals surface area contributed by atoms with Gasteiger partial charge >= 0.3 is 5.97 Å². The van der Waals surface area contributed by atoms with Crippen molar-refractivity contribution in [3.8, 4) is 5.75 Å². The highest BCUT2D eigenvalue weighted by atomic mass is 16.5. The lowest BCUT2D eigenvalue weighted by Crippen LogP contribution is -2.23. The molecule has 0 amide bonds. The Hall–Kier alpha value is -3.38. The minimum absolute atomic E-state index is 0.0365. The predicted molar refractivity (Wildman–Crippen MR) is 107 cm³/mol. The lowest BCUT2D eigenvalue weighted by atomic mass is 10.1. The SMILES string of the molecule is COC(=O)c1cc2ccccc2cc1OC[C@@H](O)Cn1cnc2ccccc21. The summed E-state index contributed by atoms with van der Waals surface area (Å²) < 4.78 is 12.6. The summed E-state index contributed by atoms with van der Waals surface area (Å²) in [6.07, 6.45) is 0.929. The van der Waals surface area contributed by atoms with E-state index in [1.165, 1.54) is 7.11 Å². The van der Waals surface area contributed by atoms with Crippen LogP contribution in [0.15, 0.2) is 67.0 Å². The van der Waals surface area contributed by atoms with Crippen LogP contribution in [-0.4, -0.2) is 40.4 Å². The van der Waals surface area contributed by atoms with E-state index in [9.17, 15) is 9.90 Å². The molecule has 0 aliphatic rings. The van der Waals surface area contributed by atoms with Gasteiger partial charge in [-0.25, -0.2) is 9.78 Å². The monoisotopic (exact) mass is 376 g/mol. The summed E-state index contributed by atoms with van der Waals surface area (Å²) in [7, 11) is 1.33. The number of carbonyl (C=O) groups excluding carboxylic acids is 1. The number of para-hydroxylation sites is 2. The predicted octanol–water partition coefficient (Wildman–Crippen LogP) is 3.42. The second-order valence-corrected chi connectivity index (χ2v) is 6.54. The first-order chi connectivity index (χ1) is 13.7. The topological polar surface area (TPSA) is 73.6 Å². The van der Waals surface area contributed by atoms with Gasteiger partial charge in [0, 0.05) is 0 Å².